The highest BCUT2D eigenvalue weighted by molar-refractivity contribution is 5.78. The van der Waals surface area contributed by atoms with Gasteiger partial charge in [-0.05, 0) is 51.6 Å². The van der Waals surface area contributed by atoms with E-state index in [1.807, 2.05) is 6.92 Å². The SMILES string of the molecule is CCCC1CCN(CC(C)(NC2CC2)C(=O)O)CC1. The van der Waals surface area contributed by atoms with Crippen LogP contribution in [0.5, 0.6) is 0 Å². The molecule has 19 heavy (non-hydrogen) atoms. The lowest BCUT2D eigenvalue weighted by molar-refractivity contribution is -0.145. The largest absolute Gasteiger partial charge is 0.480 e. The molecule has 1 atom stereocenters. The lowest BCUT2D eigenvalue weighted by Gasteiger charge is -2.37. The molecule has 1 unspecified atom stereocenters. The summed E-state index contributed by atoms with van der Waals surface area (Å²) >= 11 is 0. The third kappa shape index (κ3) is 4.18. The van der Waals surface area contributed by atoms with E-state index in [-0.39, 0.29) is 0 Å². The number of carboxylic acids is 1. The van der Waals surface area contributed by atoms with Crippen LogP contribution in [0.4, 0.5) is 0 Å². The summed E-state index contributed by atoms with van der Waals surface area (Å²) in [4.78, 5) is 13.9. The number of rotatable bonds is 7. The first-order chi connectivity index (χ1) is 9.03. The van der Waals surface area contributed by atoms with Crippen molar-refractivity contribution in [3.8, 4) is 0 Å². The fraction of sp³-hybridized carbons (Fsp3) is 0.933. The summed E-state index contributed by atoms with van der Waals surface area (Å²) in [5.74, 6) is 0.142. The van der Waals surface area contributed by atoms with Crippen LogP contribution in [0.1, 0.15) is 52.4 Å². The number of nitrogens with zero attached hydrogens (tertiary/aromatic N) is 1. The molecule has 0 aromatic heterocycles. The van der Waals surface area contributed by atoms with E-state index in [0.29, 0.717) is 12.6 Å². The standard InChI is InChI=1S/C15H28N2O2/c1-3-4-12-7-9-17(10-8-12)11-15(2,14(18)19)16-13-5-6-13/h12-13,16H,3-11H2,1-2H3,(H,18,19). The predicted octanol–water partition coefficient (Wildman–Crippen LogP) is 2.09. The van der Waals surface area contributed by atoms with Gasteiger partial charge in [-0.15, -0.1) is 0 Å². The third-order valence-electron chi connectivity index (χ3n) is 4.52. The van der Waals surface area contributed by atoms with Gasteiger partial charge < -0.3 is 10.0 Å². The molecule has 0 bridgehead atoms. The van der Waals surface area contributed by atoms with Crippen molar-refractivity contribution in [2.75, 3.05) is 19.6 Å². The van der Waals surface area contributed by atoms with Crippen molar-refractivity contribution in [3.63, 3.8) is 0 Å². The molecular formula is C15H28N2O2. The highest BCUT2D eigenvalue weighted by Crippen LogP contribution is 2.26. The lowest BCUT2D eigenvalue weighted by Crippen LogP contribution is -2.58. The zero-order valence-electron chi connectivity index (χ0n) is 12.3. The average Bonchev–Trinajstić information content (AvgIpc) is 3.15. The Kier molecular flexibility index (Phi) is 4.85. The number of hydrogen-bond acceptors (Lipinski definition) is 3. The number of piperidine rings is 1. The summed E-state index contributed by atoms with van der Waals surface area (Å²) in [6, 6.07) is 0.429. The van der Waals surface area contributed by atoms with Gasteiger partial charge in [0, 0.05) is 12.6 Å². The molecule has 2 N–H and O–H groups in total. The molecule has 2 fully saturated rings. The van der Waals surface area contributed by atoms with E-state index in [9.17, 15) is 9.90 Å². The molecule has 0 spiro atoms. The van der Waals surface area contributed by atoms with Gasteiger partial charge in [0.25, 0.3) is 0 Å². The summed E-state index contributed by atoms with van der Waals surface area (Å²) in [6.45, 7) is 6.83. The molecule has 0 aromatic carbocycles. The van der Waals surface area contributed by atoms with Crippen molar-refractivity contribution in [2.45, 2.75) is 64.0 Å². The fourth-order valence-corrected chi connectivity index (χ4v) is 3.14. The zero-order chi connectivity index (χ0) is 13.9. The van der Waals surface area contributed by atoms with E-state index >= 15 is 0 Å². The van der Waals surface area contributed by atoms with E-state index in [1.165, 1.54) is 25.7 Å². The van der Waals surface area contributed by atoms with Crippen molar-refractivity contribution in [3.05, 3.63) is 0 Å². The Hall–Kier alpha value is -0.610. The molecule has 1 saturated carbocycles. The minimum absolute atomic E-state index is 0.429. The maximum absolute atomic E-state index is 11.5. The highest BCUT2D eigenvalue weighted by atomic mass is 16.4. The molecule has 0 radical (unpaired) electrons. The fourth-order valence-electron chi connectivity index (χ4n) is 3.14. The van der Waals surface area contributed by atoms with Gasteiger partial charge >= 0.3 is 5.97 Å². The van der Waals surface area contributed by atoms with E-state index in [2.05, 4.69) is 17.1 Å². The molecule has 0 aromatic rings. The van der Waals surface area contributed by atoms with Crippen LogP contribution < -0.4 is 5.32 Å². The molecule has 0 amide bonds. The van der Waals surface area contributed by atoms with Crippen LogP contribution in [0.2, 0.25) is 0 Å². The summed E-state index contributed by atoms with van der Waals surface area (Å²) in [5, 5.41) is 12.8. The normalized spacial score (nSPS) is 25.2. The molecule has 110 valence electrons. The van der Waals surface area contributed by atoms with Crippen molar-refractivity contribution >= 4 is 5.97 Å². The molecule has 1 aliphatic carbocycles. The monoisotopic (exact) mass is 268 g/mol. The Morgan fingerprint density at radius 3 is 2.42 bits per heavy atom. The molecule has 4 nitrogen and oxygen atoms in total. The van der Waals surface area contributed by atoms with Crippen molar-refractivity contribution in [2.24, 2.45) is 5.92 Å². The molecule has 1 saturated heterocycles. The minimum Gasteiger partial charge on any atom is -0.480 e. The van der Waals surface area contributed by atoms with Crippen LogP contribution >= 0.6 is 0 Å². The second kappa shape index (κ2) is 6.23. The van der Waals surface area contributed by atoms with Gasteiger partial charge in [0.05, 0.1) is 0 Å². The Bertz CT molecular complexity index is 309. The number of nitrogens with one attached hydrogen (secondary N) is 1. The Labute approximate surface area is 116 Å². The van der Waals surface area contributed by atoms with Crippen molar-refractivity contribution < 1.29 is 9.90 Å². The minimum atomic E-state index is -0.779. The van der Waals surface area contributed by atoms with Crippen LogP contribution in [0.3, 0.4) is 0 Å². The maximum Gasteiger partial charge on any atom is 0.324 e. The van der Waals surface area contributed by atoms with E-state index < -0.39 is 11.5 Å². The first-order valence-electron chi connectivity index (χ1n) is 7.77. The van der Waals surface area contributed by atoms with E-state index in [0.717, 1.165) is 31.8 Å². The summed E-state index contributed by atoms with van der Waals surface area (Å²) in [6.07, 6.45) is 7.30. The van der Waals surface area contributed by atoms with E-state index in [4.69, 9.17) is 0 Å². The first-order valence-corrected chi connectivity index (χ1v) is 7.77. The average molecular weight is 268 g/mol. The van der Waals surface area contributed by atoms with Gasteiger partial charge in [-0.2, -0.15) is 0 Å². The summed E-state index contributed by atoms with van der Waals surface area (Å²) in [7, 11) is 0. The topological polar surface area (TPSA) is 52.6 Å². The van der Waals surface area contributed by atoms with Crippen LogP contribution in [0.25, 0.3) is 0 Å². The predicted molar refractivity (Wildman–Crippen MR) is 76.3 cm³/mol. The van der Waals surface area contributed by atoms with E-state index in [1.54, 1.807) is 0 Å². The Balaban J connectivity index is 1.83. The molecular weight excluding hydrogens is 240 g/mol. The number of hydrogen-bond donors (Lipinski definition) is 2. The van der Waals surface area contributed by atoms with Gasteiger partial charge in [-0.25, -0.2) is 0 Å². The molecule has 2 rings (SSSR count). The molecule has 4 heteroatoms. The molecule has 1 aliphatic heterocycles. The van der Waals surface area contributed by atoms with Gasteiger partial charge in [-0.1, -0.05) is 19.8 Å². The molecule has 2 aliphatic rings. The van der Waals surface area contributed by atoms with Crippen LogP contribution in [-0.2, 0) is 4.79 Å². The third-order valence-corrected chi connectivity index (χ3v) is 4.52. The maximum atomic E-state index is 11.5. The van der Waals surface area contributed by atoms with Crippen LogP contribution in [0.15, 0.2) is 0 Å². The zero-order valence-corrected chi connectivity index (χ0v) is 12.3. The van der Waals surface area contributed by atoms with Crippen molar-refractivity contribution in [1.29, 1.82) is 0 Å². The highest BCUT2D eigenvalue weighted by Gasteiger charge is 2.40. The lowest BCUT2D eigenvalue weighted by atomic mass is 9.91. The Morgan fingerprint density at radius 1 is 1.32 bits per heavy atom. The first kappa shape index (κ1) is 14.8. The summed E-state index contributed by atoms with van der Waals surface area (Å²) < 4.78 is 0. The van der Waals surface area contributed by atoms with Crippen molar-refractivity contribution in [1.82, 2.24) is 10.2 Å². The van der Waals surface area contributed by atoms with Gasteiger partial charge in [-0.3, -0.25) is 10.1 Å². The van der Waals surface area contributed by atoms with Crippen LogP contribution in [-0.4, -0.2) is 47.2 Å². The van der Waals surface area contributed by atoms with Gasteiger partial charge in [0.1, 0.15) is 5.54 Å². The second-order valence-electron chi connectivity index (χ2n) is 6.56. The second-order valence-corrected chi connectivity index (χ2v) is 6.56. The number of aliphatic carboxylic acids is 1. The summed E-state index contributed by atoms with van der Waals surface area (Å²) in [5.41, 5.74) is -0.779. The number of carbonyl (C=O) groups is 1. The number of likely N-dealkylation sites (tertiary alicyclic amines) is 1. The number of carboxylic acid groups (broad SMARTS) is 1. The quantitative estimate of drug-likeness (QED) is 0.742. The van der Waals surface area contributed by atoms with Crippen LogP contribution in [0, 0.1) is 5.92 Å². The Morgan fingerprint density at radius 2 is 1.95 bits per heavy atom. The van der Waals surface area contributed by atoms with Gasteiger partial charge in [0.2, 0.25) is 0 Å². The smallest absolute Gasteiger partial charge is 0.324 e. The molecule has 1 heterocycles. The van der Waals surface area contributed by atoms with Gasteiger partial charge in [0.15, 0.2) is 0 Å².